The molecule has 4 nitrogen and oxygen atoms in total. The Balaban J connectivity index is 1.00. The zero-order valence-corrected chi connectivity index (χ0v) is 41.8. The average molecular weight is 968 g/mol. The van der Waals surface area contributed by atoms with Gasteiger partial charge < -0.3 is 19.5 Å². The molecule has 74 heavy (non-hydrogen) atoms. The second-order valence-corrected chi connectivity index (χ2v) is 21.0. The van der Waals surface area contributed by atoms with Gasteiger partial charge >= 0.3 is 0 Å². The van der Waals surface area contributed by atoms with E-state index in [9.17, 15) is 5.11 Å². The summed E-state index contributed by atoms with van der Waals surface area (Å²) >= 11 is 1.84. The number of para-hydroxylation sites is 2. The van der Waals surface area contributed by atoms with E-state index in [1.54, 1.807) is 6.07 Å². The Labute approximate surface area is 434 Å². The Morgan fingerprint density at radius 2 is 0.932 bits per heavy atom. The molecule has 0 unspecified atom stereocenters. The van der Waals surface area contributed by atoms with E-state index < -0.39 is 0 Å². The quantitative estimate of drug-likeness (QED) is 0.156. The van der Waals surface area contributed by atoms with Crippen LogP contribution < -0.4 is 9.80 Å². The minimum absolute atomic E-state index is 0.169. The molecule has 0 saturated carbocycles. The lowest BCUT2D eigenvalue weighted by atomic mass is 9.82. The van der Waals surface area contributed by atoms with E-state index in [2.05, 4.69) is 265 Å². The van der Waals surface area contributed by atoms with Crippen LogP contribution in [-0.2, 0) is 5.41 Å². The summed E-state index contributed by atoms with van der Waals surface area (Å²) in [6.45, 7) is 4.70. The Morgan fingerprint density at radius 1 is 0.365 bits per heavy atom. The topological polar surface area (TPSA) is 31.6 Å². The number of phenols is 1. The van der Waals surface area contributed by atoms with Crippen molar-refractivity contribution in [3.05, 3.63) is 266 Å². The molecule has 13 aromatic rings. The number of aromatic nitrogens is 1. The van der Waals surface area contributed by atoms with Crippen molar-refractivity contribution < 1.29 is 5.11 Å². The number of aromatic hydroxyl groups is 1. The minimum atomic E-state index is -0.169. The Morgan fingerprint density at radius 3 is 1.72 bits per heavy atom. The smallest absolute Gasteiger partial charge is 0.116 e. The van der Waals surface area contributed by atoms with Crippen molar-refractivity contribution in [2.45, 2.75) is 19.3 Å². The second kappa shape index (κ2) is 17.3. The fourth-order valence-electron chi connectivity index (χ4n) is 11.7. The maximum absolute atomic E-state index is 11.1. The van der Waals surface area contributed by atoms with E-state index >= 15 is 0 Å². The molecule has 1 aliphatic carbocycles. The Hall–Kier alpha value is -9.16. The highest BCUT2D eigenvalue weighted by molar-refractivity contribution is 7.25. The molecule has 1 aliphatic rings. The van der Waals surface area contributed by atoms with Crippen LogP contribution in [0.3, 0.4) is 0 Å². The summed E-state index contributed by atoms with van der Waals surface area (Å²) in [6, 6.07) is 91.9. The predicted molar refractivity (Wildman–Crippen MR) is 313 cm³/mol. The van der Waals surface area contributed by atoms with Gasteiger partial charge in [-0.2, -0.15) is 0 Å². The number of nitrogens with zero attached hydrogens (tertiary/aromatic N) is 3. The van der Waals surface area contributed by atoms with Crippen LogP contribution in [0.15, 0.2) is 255 Å². The first-order valence-corrected chi connectivity index (χ1v) is 26.1. The van der Waals surface area contributed by atoms with Crippen LogP contribution in [0.1, 0.15) is 25.0 Å². The number of hydrogen-bond donors (Lipinski definition) is 1. The molecule has 2 aromatic heterocycles. The van der Waals surface area contributed by atoms with E-state index in [1.807, 2.05) is 23.5 Å². The lowest BCUT2D eigenvalue weighted by Crippen LogP contribution is -2.17. The highest BCUT2D eigenvalue weighted by Crippen LogP contribution is 2.52. The molecule has 0 spiro atoms. The van der Waals surface area contributed by atoms with Crippen molar-refractivity contribution in [3.63, 3.8) is 0 Å². The number of fused-ring (bicyclic) bond motifs is 9. The van der Waals surface area contributed by atoms with Crippen molar-refractivity contribution in [1.29, 1.82) is 0 Å². The molecule has 2 heterocycles. The number of thiophene rings is 1. The van der Waals surface area contributed by atoms with E-state index in [1.165, 1.54) is 48.0 Å². The van der Waals surface area contributed by atoms with Gasteiger partial charge in [-0.25, -0.2) is 0 Å². The zero-order valence-electron chi connectivity index (χ0n) is 40.9. The second-order valence-electron chi connectivity index (χ2n) is 19.9. The summed E-state index contributed by atoms with van der Waals surface area (Å²) in [7, 11) is 0. The molecule has 5 heteroatoms. The van der Waals surface area contributed by atoms with Gasteiger partial charge in [0.05, 0.1) is 16.7 Å². The van der Waals surface area contributed by atoms with Gasteiger partial charge in [-0.05, 0) is 154 Å². The summed E-state index contributed by atoms with van der Waals surface area (Å²) in [4.78, 5) is 4.82. The standard InChI is InChI=1S/C69H49N3OS/c1-69(2)62-24-14-12-22-55(62)56-35-31-52(42-63(56)69)70(48-18-8-4-9-19-48)51-33-38-64(71(49-20-10-5-11-21-49)53-32-36-58-57-23-13-15-25-67(57)74-68(58)43-53)59(41-51)47-28-37-65-60(40-47)61-44-54(73)34-39-66(61)72(65)50-29-26-46(27-30-50)45-16-6-3-7-17-45/h3-44,73H,1-2H3. The SMILES string of the molecule is CC1(C)c2ccccc2-c2ccc(N(c3ccccc3)c3ccc(N(c4ccccc4)c4ccc5c(c4)sc4ccccc45)c(-c4ccc5c(c4)c4cc(O)ccc4n5-c4ccc(-c5ccccc5)cc4)c3)cc21. The number of phenolic OH excluding ortho intramolecular Hbond substituents is 1. The van der Waals surface area contributed by atoms with E-state index in [0.717, 1.165) is 78.3 Å². The van der Waals surface area contributed by atoms with Crippen LogP contribution in [0.2, 0.25) is 0 Å². The lowest BCUT2D eigenvalue weighted by Gasteiger charge is -2.31. The highest BCUT2D eigenvalue weighted by Gasteiger charge is 2.36. The van der Waals surface area contributed by atoms with Crippen molar-refractivity contribution in [3.8, 4) is 44.8 Å². The first-order chi connectivity index (χ1) is 36.4. The van der Waals surface area contributed by atoms with Crippen LogP contribution in [0.5, 0.6) is 5.75 Å². The first kappa shape index (κ1) is 43.6. The summed E-state index contributed by atoms with van der Waals surface area (Å²) in [6.07, 6.45) is 0. The van der Waals surface area contributed by atoms with Crippen LogP contribution in [0.4, 0.5) is 34.1 Å². The van der Waals surface area contributed by atoms with Gasteiger partial charge in [0.25, 0.3) is 0 Å². The molecule has 14 rings (SSSR count). The number of rotatable bonds is 9. The van der Waals surface area contributed by atoms with Crippen molar-refractivity contribution in [2.75, 3.05) is 9.80 Å². The maximum atomic E-state index is 11.1. The monoisotopic (exact) mass is 967 g/mol. The molecule has 0 amide bonds. The van der Waals surface area contributed by atoms with Gasteiger partial charge in [0.2, 0.25) is 0 Å². The van der Waals surface area contributed by atoms with Crippen molar-refractivity contribution in [2.24, 2.45) is 0 Å². The normalized spacial score (nSPS) is 12.6. The molecule has 0 radical (unpaired) electrons. The zero-order chi connectivity index (χ0) is 49.5. The fraction of sp³-hybridized carbons (Fsp3) is 0.0435. The highest BCUT2D eigenvalue weighted by atomic mass is 32.1. The predicted octanol–water partition coefficient (Wildman–Crippen LogP) is 19.4. The third-order valence-corrected chi connectivity index (χ3v) is 16.4. The minimum Gasteiger partial charge on any atom is -0.508 e. The Bertz CT molecular complexity index is 4290. The van der Waals surface area contributed by atoms with Gasteiger partial charge in [-0.1, -0.05) is 153 Å². The number of hydrogen-bond acceptors (Lipinski definition) is 4. The Kier molecular flexibility index (Phi) is 10.2. The van der Waals surface area contributed by atoms with E-state index in [-0.39, 0.29) is 11.2 Å². The van der Waals surface area contributed by atoms with Gasteiger partial charge in [0, 0.05) is 76.0 Å². The third-order valence-electron chi connectivity index (χ3n) is 15.2. The molecule has 1 N–H and O–H groups in total. The largest absolute Gasteiger partial charge is 0.508 e. The fourth-order valence-corrected chi connectivity index (χ4v) is 12.8. The number of anilines is 6. The van der Waals surface area contributed by atoms with Crippen LogP contribution in [-0.4, -0.2) is 9.67 Å². The summed E-state index contributed by atoms with van der Waals surface area (Å²) in [5, 5.41) is 15.7. The summed E-state index contributed by atoms with van der Waals surface area (Å²) < 4.78 is 4.84. The van der Waals surface area contributed by atoms with Gasteiger partial charge in [-0.3, -0.25) is 0 Å². The van der Waals surface area contributed by atoms with Gasteiger partial charge in [0.15, 0.2) is 0 Å². The van der Waals surface area contributed by atoms with Gasteiger partial charge in [0.1, 0.15) is 5.75 Å². The van der Waals surface area contributed by atoms with Crippen LogP contribution in [0, 0.1) is 0 Å². The number of benzene rings is 11. The maximum Gasteiger partial charge on any atom is 0.116 e. The van der Waals surface area contributed by atoms with Gasteiger partial charge in [-0.15, -0.1) is 11.3 Å². The molecule has 0 fully saturated rings. The molecule has 0 atom stereocenters. The van der Waals surface area contributed by atoms with Crippen LogP contribution >= 0.6 is 11.3 Å². The first-order valence-electron chi connectivity index (χ1n) is 25.3. The summed E-state index contributed by atoms with van der Waals surface area (Å²) in [5.74, 6) is 0.232. The van der Waals surface area contributed by atoms with Crippen molar-refractivity contribution >= 4 is 87.4 Å². The van der Waals surface area contributed by atoms with Crippen LogP contribution in [0.25, 0.3) is 81.0 Å². The molecule has 0 bridgehead atoms. The summed E-state index contributed by atoms with van der Waals surface area (Å²) in [5.41, 5.74) is 19.1. The molecule has 0 aliphatic heterocycles. The molecule has 352 valence electrons. The molecular weight excluding hydrogens is 919 g/mol. The lowest BCUT2D eigenvalue weighted by molar-refractivity contribution is 0.476. The third kappa shape index (κ3) is 7.11. The molecule has 11 aromatic carbocycles. The average Bonchev–Trinajstić information content (AvgIpc) is 4.07. The molecular formula is C69H49N3OS. The van der Waals surface area contributed by atoms with Crippen molar-refractivity contribution in [1.82, 2.24) is 4.57 Å². The van der Waals surface area contributed by atoms with E-state index in [4.69, 9.17) is 0 Å². The van der Waals surface area contributed by atoms with E-state index in [0.29, 0.717) is 0 Å². The molecule has 0 saturated heterocycles.